The van der Waals surface area contributed by atoms with E-state index < -0.39 is 17.6 Å². The number of carbonyl (C=O) groups is 2. The van der Waals surface area contributed by atoms with Crippen molar-refractivity contribution in [3.05, 3.63) is 48.0 Å². The number of esters is 2. The number of rotatable bonds is 6. The van der Waals surface area contributed by atoms with Crippen LogP contribution in [-0.2, 0) is 14.3 Å². The maximum Gasteiger partial charge on any atom is 0.338 e. The van der Waals surface area contributed by atoms with E-state index >= 15 is 0 Å². The van der Waals surface area contributed by atoms with Crippen molar-refractivity contribution >= 4 is 11.9 Å². The van der Waals surface area contributed by atoms with Crippen LogP contribution in [0.25, 0.3) is 0 Å². The first kappa shape index (κ1) is 21.1. The van der Waals surface area contributed by atoms with Crippen molar-refractivity contribution in [1.82, 2.24) is 0 Å². The van der Waals surface area contributed by atoms with Gasteiger partial charge in [0.1, 0.15) is 12.2 Å². The second kappa shape index (κ2) is 8.84. The third-order valence-corrected chi connectivity index (χ3v) is 5.86. The fourth-order valence-corrected chi connectivity index (χ4v) is 3.98. The molecule has 1 heterocycles. The minimum atomic E-state index is -0.703. The first-order valence-electron chi connectivity index (χ1n) is 10.0. The van der Waals surface area contributed by atoms with Gasteiger partial charge in [0.05, 0.1) is 18.1 Å². The van der Waals surface area contributed by atoms with Crippen molar-refractivity contribution < 1.29 is 24.2 Å². The van der Waals surface area contributed by atoms with Gasteiger partial charge < -0.3 is 14.6 Å². The molecular formula is C24H28O5. The normalized spacial score (nSPS) is 27.1. The summed E-state index contributed by atoms with van der Waals surface area (Å²) >= 11 is 0. The van der Waals surface area contributed by atoms with Crippen molar-refractivity contribution in [2.24, 2.45) is 17.3 Å². The van der Waals surface area contributed by atoms with Crippen LogP contribution in [0, 0.1) is 29.1 Å². The van der Waals surface area contributed by atoms with Gasteiger partial charge in [0.15, 0.2) is 0 Å². The molecule has 1 aromatic rings. The molecule has 2 aliphatic rings. The van der Waals surface area contributed by atoms with Crippen LogP contribution >= 0.6 is 0 Å². The summed E-state index contributed by atoms with van der Waals surface area (Å²) in [6.07, 6.45) is 3.64. The Kier molecular flexibility index (Phi) is 6.44. The molecule has 5 nitrogen and oxygen atoms in total. The third kappa shape index (κ3) is 4.89. The molecule has 0 radical (unpaired) electrons. The summed E-state index contributed by atoms with van der Waals surface area (Å²) in [5.74, 6) is 5.04. The molecule has 1 saturated heterocycles. The average Bonchev–Trinajstić information content (AvgIpc) is 3.20. The molecular weight excluding hydrogens is 368 g/mol. The molecule has 29 heavy (non-hydrogen) atoms. The number of fused-ring (bicyclic) bond motifs is 1. The molecule has 0 amide bonds. The topological polar surface area (TPSA) is 72.8 Å². The second-order valence-corrected chi connectivity index (χ2v) is 8.44. The van der Waals surface area contributed by atoms with Crippen LogP contribution in [0.4, 0.5) is 0 Å². The second-order valence-electron chi connectivity index (χ2n) is 8.44. The lowest BCUT2D eigenvalue weighted by atomic mass is 9.82. The Bertz CT molecular complexity index is 830. The fourth-order valence-electron chi connectivity index (χ4n) is 3.98. The van der Waals surface area contributed by atoms with Crippen LogP contribution in [-0.4, -0.2) is 35.4 Å². The summed E-state index contributed by atoms with van der Waals surface area (Å²) in [4.78, 5) is 24.3. The van der Waals surface area contributed by atoms with Gasteiger partial charge in [-0.1, -0.05) is 44.2 Å². The van der Waals surface area contributed by atoms with E-state index in [9.17, 15) is 14.7 Å². The van der Waals surface area contributed by atoms with Crippen LogP contribution in [0.3, 0.4) is 0 Å². The highest BCUT2D eigenvalue weighted by Crippen LogP contribution is 2.44. The van der Waals surface area contributed by atoms with Crippen LogP contribution in [0.1, 0.15) is 50.4 Å². The van der Waals surface area contributed by atoms with Crippen molar-refractivity contribution in [2.45, 2.75) is 58.3 Å². The zero-order valence-electron chi connectivity index (χ0n) is 17.1. The lowest BCUT2D eigenvalue weighted by Crippen LogP contribution is -2.28. The molecule has 1 saturated carbocycles. The summed E-state index contributed by atoms with van der Waals surface area (Å²) in [6, 6.07) is 8.84. The maximum atomic E-state index is 12.5. The minimum Gasteiger partial charge on any atom is -0.462 e. The number of hydrogen-bond acceptors (Lipinski definition) is 5. The van der Waals surface area contributed by atoms with Gasteiger partial charge in [-0.2, -0.15) is 0 Å². The Morgan fingerprint density at radius 1 is 1.38 bits per heavy atom. The maximum absolute atomic E-state index is 12.5. The van der Waals surface area contributed by atoms with Crippen molar-refractivity contribution in [2.75, 3.05) is 0 Å². The van der Waals surface area contributed by atoms with Crippen LogP contribution < -0.4 is 0 Å². The van der Waals surface area contributed by atoms with Gasteiger partial charge in [-0.05, 0) is 19.1 Å². The van der Waals surface area contributed by atoms with E-state index in [2.05, 4.69) is 11.8 Å². The van der Waals surface area contributed by atoms with Crippen LogP contribution in [0.2, 0.25) is 0 Å². The standard InChI is InChI=1S/C24H28O5/c1-4-5-13-24(2,3)21(25)12-11-17-18-14-22(26)28-20(18)15-19(17)29-23(27)16-9-7-6-8-10-16/h6-12,17-21,25H,13-15H2,1-3H3/b12-11+/t17-,18-,19-,20+,21+/m1/s1. The zero-order chi connectivity index (χ0) is 21.0. The van der Waals surface area contributed by atoms with E-state index in [0.29, 0.717) is 24.8 Å². The SMILES string of the molecule is CC#CCC(C)(C)[C@@H](O)/C=C/[C@@H]1[C@H]2CC(=O)O[C@H]2C[C@H]1OC(=O)c1ccccc1. The van der Waals surface area contributed by atoms with E-state index in [-0.39, 0.29) is 29.9 Å². The summed E-state index contributed by atoms with van der Waals surface area (Å²) < 4.78 is 11.2. The molecule has 1 aliphatic carbocycles. The molecule has 1 aromatic carbocycles. The number of benzene rings is 1. The summed E-state index contributed by atoms with van der Waals surface area (Å²) in [7, 11) is 0. The van der Waals surface area contributed by atoms with Crippen LogP contribution in [0.5, 0.6) is 0 Å². The van der Waals surface area contributed by atoms with Gasteiger partial charge in [0.25, 0.3) is 0 Å². The van der Waals surface area contributed by atoms with E-state index in [1.807, 2.05) is 26.0 Å². The van der Waals surface area contributed by atoms with Crippen LogP contribution in [0.15, 0.2) is 42.5 Å². The Labute approximate surface area is 172 Å². The van der Waals surface area contributed by atoms with Gasteiger partial charge in [-0.15, -0.1) is 11.8 Å². The number of carbonyl (C=O) groups excluding carboxylic acids is 2. The molecule has 1 aliphatic heterocycles. The van der Waals surface area contributed by atoms with Crippen molar-refractivity contribution in [3.8, 4) is 11.8 Å². The number of ether oxygens (including phenoxy) is 2. The Morgan fingerprint density at radius 2 is 2.10 bits per heavy atom. The molecule has 0 aromatic heterocycles. The van der Waals surface area contributed by atoms with E-state index in [4.69, 9.17) is 9.47 Å². The molecule has 5 heteroatoms. The lowest BCUT2D eigenvalue weighted by Gasteiger charge is -2.27. The number of hydrogen-bond donors (Lipinski definition) is 1. The molecule has 1 N–H and O–H groups in total. The van der Waals surface area contributed by atoms with Gasteiger partial charge in [0.2, 0.25) is 0 Å². The molecule has 2 fully saturated rings. The Hall–Kier alpha value is -2.58. The summed E-state index contributed by atoms with van der Waals surface area (Å²) in [6.45, 7) is 5.69. The van der Waals surface area contributed by atoms with Gasteiger partial charge in [-0.25, -0.2) is 4.79 Å². The molecule has 0 spiro atoms. The largest absolute Gasteiger partial charge is 0.462 e. The smallest absolute Gasteiger partial charge is 0.338 e. The van der Waals surface area contributed by atoms with Gasteiger partial charge in [0, 0.05) is 30.1 Å². The average molecular weight is 396 g/mol. The molecule has 154 valence electrons. The Balaban J connectivity index is 1.75. The van der Waals surface area contributed by atoms with E-state index in [1.54, 1.807) is 37.3 Å². The molecule has 3 rings (SSSR count). The minimum absolute atomic E-state index is 0.0435. The first-order valence-corrected chi connectivity index (χ1v) is 10.0. The zero-order valence-corrected chi connectivity index (χ0v) is 17.1. The number of aliphatic hydroxyl groups excluding tert-OH is 1. The van der Waals surface area contributed by atoms with E-state index in [0.717, 1.165) is 0 Å². The van der Waals surface area contributed by atoms with Crippen molar-refractivity contribution in [1.29, 1.82) is 0 Å². The monoisotopic (exact) mass is 396 g/mol. The Morgan fingerprint density at radius 3 is 2.79 bits per heavy atom. The van der Waals surface area contributed by atoms with Crippen molar-refractivity contribution in [3.63, 3.8) is 0 Å². The predicted octanol–water partition coefficient (Wildman–Crippen LogP) is 3.52. The lowest BCUT2D eigenvalue weighted by molar-refractivity contribution is -0.141. The fraction of sp³-hybridized carbons (Fsp3) is 0.500. The third-order valence-electron chi connectivity index (χ3n) is 5.86. The summed E-state index contributed by atoms with van der Waals surface area (Å²) in [5.41, 5.74) is 0.0824. The highest BCUT2D eigenvalue weighted by molar-refractivity contribution is 5.89. The molecule has 0 unspecified atom stereocenters. The molecule has 5 atom stereocenters. The van der Waals surface area contributed by atoms with Gasteiger partial charge in [-0.3, -0.25) is 4.79 Å². The van der Waals surface area contributed by atoms with Gasteiger partial charge >= 0.3 is 11.9 Å². The summed E-state index contributed by atoms with van der Waals surface area (Å²) in [5, 5.41) is 10.6. The number of aliphatic hydroxyl groups is 1. The highest BCUT2D eigenvalue weighted by Gasteiger charge is 2.50. The quantitative estimate of drug-likeness (QED) is 0.452. The predicted molar refractivity (Wildman–Crippen MR) is 109 cm³/mol. The molecule has 0 bridgehead atoms. The highest BCUT2D eigenvalue weighted by atomic mass is 16.6. The first-order chi connectivity index (χ1) is 13.8. The van der Waals surface area contributed by atoms with E-state index in [1.165, 1.54) is 0 Å².